The van der Waals surface area contributed by atoms with Crippen molar-refractivity contribution in [2.24, 2.45) is 0 Å². The van der Waals surface area contributed by atoms with Gasteiger partial charge in [0.2, 0.25) is 0 Å². The smallest absolute Gasteiger partial charge is 0.478 e. The number of ether oxygens (including phenoxy) is 2. The van der Waals surface area contributed by atoms with Gasteiger partial charge in [-0.1, -0.05) is 29.8 Å². The number of carbonyl (C=O) groups is 2. The third-order valence-corrected chi connectivity index (χ3v) is 6.79. The van der Waals surface area contributed by atoms with Gasteiger partial charge in [0.15, 0.2) is 0 Å². The van der Waals surface area contributed by atoms with Crippen LogP contribution in [0.4, 0.5) is 23.7 Å². The molecule has 1 amide bonds. The number of alkyl halides is 3. The summed E-state index contributed by atoms with van der Waals surface area (Å²) in [6.45, 7) is 4.95. The number of benzene rings is 2. The zero-order valence-electron chi connectivity index (χ0n) is 23.2. The third-order valence-electron chi connectivity index (χ3n) is 6.52. The Hall–Kier alpha value is -3.99. The molecule has 1 saturated carbocycles. The molecule has 0 radical (unpaired) electrons. The van der Waals surface area contributed by atoms with Crippen LogP contribution in [0.1, 0.15) is 66.7 Å². The van der Waals surface area contributed by atoms with E-state index in [2.05, 4.69) is 4.74 Å². The molecule has 0 spiro atoms. The van der Waals surface area contributed by atoms with E-state index in [-0.39, 0.29) is 35.3 Å². The predicted molar refractivity (Wildman–Crippen MR) is 150 cm³/mol. The van der Waals surface area contributed by atoms with Crippen molar-refractivity contribution in [2.45, 2.75) is 71.0 Å². The summed E-state index contributed by atoms with van der Waals surface area (Å²) in [7, 11) is 0. The Morgan fingerprint density at radius 2 is 1.74 bits per heavy atom. The average Bonchev–Trinajstić information content (AvgIpc) is 3.72. The molecule has 42 heavy (non-hydrogen) atoms. The Bertz CT molecular complexity index is 1530. The molecule has 12 heteroatoms. The predicted octanol–water partition coefficient (Wildman–Crippen LogP) is 7.16. The van der Waals surface area contributed by atoms with Gasteiger partial charge in [-0.2, -0.15) is 0 Å². The van der Waals surface area contributed by atoms with Crippen LogP contribution in [-0.4, -0.2) is 33.7 Å². The number of hydrogen-bond acceptors (Lipinski definition) is 5. The topological polar surface area (TPSA) is 98.1 Å². The van der Waals surface area contributed by atoms with Crippen LogP contribution >= 0.6 is 11.6 Å². The first-order chi connectivity index (χ1) is 19.6. The number of aryl methyl sites for hydroxylation is 1. The number of anilines is 1. The molecule has 4 rings (SSSR count). The van der Waals surface area contributed by atoms with Gasteiger partial charge in [0, 0.05) is 18.3 Å². The van der Waals surface area contributed by atoms with Crippen LogP contribution in [0.5, 0.6) is 5.75 Å². The number of aromatic nitrogens is 1. The fourth-order valence-electron chi connectivity index (χ4n) is 4.48. The van der Waals surface area contributed by atoms with Crippen molar-refractivity contribution in [1.29, 1.82) is 0 Å². The van der Waals surface area contributed by atoms with Crippen LogP contribution in [0.25, 0.3) is 0 Å². The van der Waals surface area contributed by atoms with Gasteiger partial charge < -0.3 is 19.1 Å². The first kappa shape index (κ1) is 31.0. The minimum Gasteiger partial charge on any atom is -0.478 e. The van der Waals surface area contributed by atoms with Crippen LogP contribution in [0.15, 0.2) is 59.4 Å². The van der Waals surface area contributed by atoms with Gasteiger partial charge in [0.05, 0.1) is 17.8 Å². The Morgan fingerprint density at radius 1 is 1.07 bits per heavy atom. The van der Waals surface area contributed by atoms with Crippen molar-refractivity contribution in [3.8, 4) is 5.75 Å². The quantitative estimate of drug-likeness (QED) is 0.278. The Balaban J connectivity index is 1.76. The van der Waals surface area contributed by atoms with Gasteiger partial charge in [-0.05, 0) is 87.4 Å². The van der Waals surface area contributed by atoms with Crippen LogP contribution in [-0.2, 0) is 24.2 Å². The summed E-state index contributed by atoms with van der Waals surface area (Å²) < 4.78 is 50.0. The van der Waals surface area contributed by atoms with E-state index in [0.717, 1.165) is 36.1 Å². The Morgan fingerprint density at radius 3 is 2.31 bits per heavy atom. The summed E-state index contributed by atoms with van der Waals surface area (Å²) >= 11 is 6.36. The molecule has 0 saturated heterocycles. The van der Waals surface area contributed by atoms with Crippen molar-refractivity contribution in [1.82, 2.24) is 4.57 Å². The van der Waals surface area contributed by atoms with Crippen molar-refractivity contribution in [3.63, 3.8) is 0 Å². The van der Waals surface area contributed by atoms with Gasteiger partial charge in [-0.15, -0.1) is 13.2 Å². The molecular formula is C30H30ClF3N2O6. The number of carboxylic acids is 1. The number of carboxylic acid groups (broad SMARTS) is 1. The van der Waals surface area contributed by atoms with Crippen LogP contribution in [0.2, 0.25) is 5.02 Å². The van der Waals surface area contributed by atoms with Gasteiger partial charge in [0.1, 0.15) is 16.4 Å². The van der Waals surface area contributed by atoms with Gasteiger partial charge in [-0.25, -0.2) is 9.59 Å². The number of pyridine rings is 1. The maximum atomic E-state index is 13.5. The highest BCUT2D eigenvalue weighted by atomic mass is 35.5. The molecule has 1 aliphatic rings. The SMILES string of the molecule is CC(C)(C)OC(=O)N(Cc1c(C2CC2)cc(Cl)c(=O)n1CCc1ccc(C(=O)O)cc1)c1cccc(OC(F)(F)F)c1. The van der Waals surface area contributed by atoms with Crippen molar-refractivity contribution < 1.29 is 37.3 Å². The second kappa shape index (κ2) is 12.1. The molecule has 1 aromatic heterocycles. The normalized spacial score (nSPS) is 13.5. The largest absolute Gasteiger partial charge is 0.573 e. The number of carbonyl (C=O) groups excluding carboxylic acids is 1. The van der Waals surface area contributed by atoms with E-state index >= 15 is 0 Å². The van der Waals surface area contributed by atoms with E-state index in [1.807, 2.05) is 0 Å². The third kappa shape index (κ3) is 8.06. The van der Waals surface area contributed by atoms with Gasteiger partial charge >= 0.3 is 18.4 Å². The van der Waals surface area contributed by atoms with Crippen molar-refractivity contribution in [3.05, 3.63) is 92.4 Å². The minimum absolute atomic E-state index is 0.00580. The fourth-order valence-corrected chi connectivity index (χ4v) is 4.70. The molecule has 0 aliphatic heterocycles. The highest BCUT2D eigenvalue weighted by molar-refractivity contribution is 6.30. The lowest BCUT2D eigenvalue weighted by molar-refractivity contribution is -0.274. The number of halogens is 4. The Kier molecular flexibility index (Phi) is 8.91. The fraction of sp³-hybridized carbons (Fsp3) is 0.367. The summed E-state index contributed by atoms with van der Waals surface area (Å²) in [5, 5.41) is 9.18. The second-order valence-electron chi connectivity index (χ2n) is 11.0. The lowest BCUT2D eigenvalue weighted by Crippen LogP contribution is -2.39. The highest BCUT2D eigenvalue weighted by Crippen LogP contribution is 2.43. The van der Waals surface area contributed by atoms with Crippen LogP contribution < -0.4 is 15.2 Å². The number of amides is 1. The minimum atomic E-state index is -4.94. The molecule has 1 aliphatic carbocycles. The lowest BCUT2D eigenvalue weighted by Gasteiger charge is -2.29. The van der Waals surface area contributed by atoms with Crippen molar-refractivity contribution in [2.75, 3.05) is 4.90 Å². The van der Waals surface area contributed by atoms with Crippen molar-refractivity contribution >= 4 is 29.4 Å². The molecule has 1 N–H and O–H groups in total. The maximum absolute atomic E-state index is 13.5. The molecular weight excluding hydrogens is 577 g/mol. The summed E-state index contributed by atoms with van der Waals surface area (Å²) in [4.78, 5) is 39.2. The average molecular weight is 607 g/mol. The van der Waals surface area contributed by atoms with E-state index in [4.69, 9.17) is 16.3 Å². The molecule has 0 atom stereocenters. The van der Waals surface area contributed by atoms with Crippen LogP contribution in [0, 0.1) is 0 Å². The van der Waals surface area contributed by atoms with E-state index in [9.17, 15) is 32.7 Å². The Labute approximate surface area is 245 Å². The molecule has 3 aromatic rings. The molecule has 2 aromatic carbocycles. The van der Waals surface area contributed by atoms with Crippen LogP contribution in [0.3, 0.4) is 0 Å². The van der Waals surface area contributed by atoms with Gasteiger partial charge in [-0.3, -0.25) is 9.69 Å². The zero-order valence-corrected chi connectivity index (χ0v) is 24.0. The first-order valence-electron chi connectivity index (χ1n) is 13.2. The zero-order chi connectivity index (χ0) is 30.8. The maximum Gasteiger partial charge on any atom is 0.573 e. The summed E-state index contributed by atoms with van der Waals surface area (Å²) in [5.74, 6) is -1.48. The molecule has 0 bridgehead atoms. The summed E-state index contributed by atoms with van der Waals surface area (Å²) in [6.07, 6.45) is -3.72. The lowest BCUT2D eigenvalue weighted by atomic mass is 10.1. The molecule has 1 heterocycles. The molecule has 224 valence electrons. The number of nitrogens with zero attached hydrogens (tertiary/aromatic N) is 2. The van der Waals surface area contributed by atoms with E-state index in [1.54, 1.807) is 39.0 Å². The second-order valence-corrected chi connectivity index (χ2v) is 11.4. The highest BCUT2D eigenvalue weighted by Gasteiger charge is 2.34. The number of hydrogen-bond donors (Lipinski definition) is 1. The molecule has 8 nitrogen and oxygen atoms in total. The monoisotopic (exact) mass is 606 g/mol. The standard InChI is InChI=1S/C30H30ClF3N2O6/c1-29(2,3)42-28(40)36(21-5-4-6-22(15-21)41-30(32,33)34)17-25-23(19-11-12-19)16-24(31)26(37)35(25)14-13-18-7-9-20(10-8-18)27(38)39/h4-10,15-16,19H,11-14,17H2,1-3H3,(H,38,39). The van der Waals surface area contributed by atoms with E-state index in [1.165, 1.54) is 33.7 Å². The van der Waals surface area contributed by atoms with Gasteiger partial charge in [0.25, 0.3) is 5.56 Å². The van der Waals surface area contributed by atoms with E-state index < -0.39 is 35.3 Å². The molecule has 1 fully saturated rings. The summed E-state index contributed by atoms with van der Waals surface area (Å²) in [5.41, 5.74) is 0.796. The number of aromatic carboxylic acids is 1. The number of rotatable bonds is 9. The first-order valence-corrected chi connectivity index (χ1v) is 13.6. The molecule has 0 unspecified atom stereocenters. The summed E-state index contributed by atoms with van der Waals surface area (Å²) in [6, 6.07) is 12.8. The van der Waals surface area contributed by atoms with E-state index in [0.29, 0.717) is 12.1 Å².